The molecular weight excluding hydrogens is 276 g/mol. The minimum atomic E-state index is 0.653. The lowest BCUT2D eigenvalue weighted by Crippen LogP contribution is -1.89. The highest BCUT2D eigenvalue weighted by Crippen LogP contribution is 2.41. The van der Waals surface area contributed by atoms with E-state index in [0.717, 1.165) is 23.1 Å². The van der Waals surface area contributed by atoms with Gasteiger partial charge in [0.15, 0.2) is 0 Å². The van der Waals surface area contributed by atoms with Gasteiger partial charge in [0.05, 0.1) is 0 Å². The summed E-state index contributed by atoms with van der Waals surface area (Å²) in [6.07, 6.45) is 11.7. The summed E-state index contributed by atoms with van der Waals surface area (Å²) < 4.78 is 0. The molecule has 0 saturated heterocycles. The van der Waals surface area contributed by atoms with Gasteiger partial charge in [-0.2, -0.15) is 0 Å². The minimum Gasteiger partial charge on any atom is -0.115 e. The van der Waals surface area contributed by atoms with Gasteiger partial charge in [-0.1, -0.05) is 43.2 Å². The van der Waals surface area contributed by atoms with Crippen molar-refractivity contribution in [1.82, 2.24) is 0 Å². The topological polar surface area (TPSA) is 0 Å². The third kappa shape index (κ3) is 4.06. The molecule has 0 heterocycles. The van der Waals surface area contributed by atoms with Gasteiger partial charge in [-0.3, -0.25) is 0 Å². The van der Waals surface area contributed by atoms with Crippen molar-refractivity contribution >= 4 is 0 Å². The van der Waals surface area contributed by atoms with Crippen LogP contribution in [0, 0.1) is 24.2 Å². The summed E-state index contributed by atoms with van der Waals surface area (Å²) in [6.45, 7) is 2.22. The molecule has 1 fully saturated rings. The molecule has 0 N–H and O–H groups in total. The van der Waals surface area contributed by atoms with E-state index in [4.69, 9.17) is 6.42 Å². The van der Waals surface area contributed by atoms with Gasteiger partial charge in [-0.25, -0.2) is 0 Å². The molecule has 1 saturated carbocycles. The molecule has 1 aliphatic carbocycles. The molecule has 23 heavy (non-hydrogen) atoms. The molecule has 0 heteroatoms. The predicted molar refractivity (Wildman–Crippen MR) is 97.4 cm³/mol. The van der Waals surface area contributed by atoms with Crippen molar-refractivity contribution in [3.8, 4) is 24.2 Å². The van der Waals surface area contributed by atoms with Crippen LogP contribution in [0.3, 0.4) is 0 Å². The first kappa shape index (κ1) is 15.5. The molecule has 0 unspecified atom stereocenters. The molecule has 0 aliphatic heterocycles. The fourth-order valence-corrected chi connectivity index (χ4v) is 2.78. The maximum atomic E-state index is 5.59. The third-order valence-corrected chi connectivity index (χ3v) is 4.35. The van der Waals surface area contributed by atoms with E-state index < -0.39 is 0 Å². The zero-order valence-corrected chi connectivity index (χ0v) is 13.7. The highest BCUT2D eigenvalue weighted by molar-refractivity contribution is 5.51. The fraction of sp³-hybridized carbons (Fsp3) is 0.304. The Morgan fingerprint density at radius 2 is 1.70 bits per heavy atom. The van der Waals surface area contributed by atoms with Crippen LogP contribution in [-0.4, -0.2) is 0 Å². The Morgan fingerprint density at radius 3 is 2.35 bits per heavy atom. The van der Waals surface area contributed by atoms with Gasteiger partial charge in [-0.05, 0) is 73.1 Å². The SMILES string of the molecule is C#Cc1ccc(C#Cc2ccc(CCCC)cc2)cc1C1CC1. The van der Waals surface area contributed by atoms with Gasteiger partial charge < -0.3 is 0 Å². The molecule has 0 spiro atoms. The lowest BCUT2D eigenvalue weighted by atomic mass is 10.0. The number of benzene rings is 2. The van der Waals surface area contributed by atoms with Crippen molar-refractivity contribution < 1.29 is 0 Å². The summed E-state index contributed by atoms with van der Waals surface area (Å²) in [4.78, 5) is 0. The number of rotatable bonds is 4. The molecule has 1 aliphatic rings. The Bertz CT molecular complexity index is 772. The van der Waals surface area contributed by atoms with Crippen LogP contribution in [0.15, 0.2) is 42.5 Å². The molecule has 0 amide bonds. The summed E-state index contributed by atoms with van der Waals surface area (Å²) in [5.74, 6) is 9.99. The van der Waals surface area contributed by atoms with Crippen molar-refractivity contribution in [2.24, 2.45) is 0 Å². The fourth-order valence-electron chi connectivity index (χ4n) is 2.78. The van der Waals surface area contributed by atoms with Crippen LogP contribution in [0.1, 0.15) is 66.3 Å². The molecule has 2 aromatic carbocycles. The first-order valence-electron chi connectivity index (χ1n) is 8.51. The second-order valence-electron chi connectivity index (χ2n) is 6.27. The highest BCUT2D eigenvalue weighted by atomic mass is 14.3. The predicted octanol–water partition coefficient (Wildman–Crippen LogP) is 5.29. The average molecular weight is 298 g/mol. The summed E-state index contributed by atoms with van der Waals surface area (Å²) in [6, 6.07) is 14.9. The summed E-state index contributed by atoms with van der Waals surface area (Å²) in [7, 11) is 0. The van der Waals surface area contributed by atoms with E-state index in [1.807, 2.05) is 12.1 Å². The Labute approximate surface area is 139 Å². The second-order valence-corrected chi connectivity index (χ2v) is 6.27. The van der Waals surface area contributed by atoms with Crippen LogP contribution in [0.25, 0.3) is 0 Å². The van der Waals surface area contributed by atoms with Gasteiger partial charge in [0, 0.05) is 16.7 Å². The van der Waals surface area contributed by atoms with Crippen LogP contribution in [0.2, 0.25) is 0 Å². The van der Waals surface area contributed by atoms with Crippen LogP contribution in [0.4, 0.5) is 0 Å². The number of unbranched alkanes of at least 4 members (excludes halogenated alkanes) is 1. The summed E-state index contributed by atoms with van der Waals surface area (Å²) in [5.41, 5.74) is 5.85. The van der Waals surface area contributed by atoms with Crippen molar-refractivity contribution in [3.63, 3.8) is 0 Å². The number of hydrogen-bond acceptors (Lipinski definition) is 0. The van der Waals surface area contributed by atoms with E-state index in [1.165, 1.54) is 36.8 Å². The first-order valence-corrected chi connectivity index (χ1v) is 8.51. The quantitative estimate of drug-likeness (QED) is 0.673. The number of aryl methyl sites for hydroxylation is 1. The second kappa shape index (κ2) is 7.21. The van der Waals surface area contributed by atoms with Gasteiger partial charge >= 0.3 is 0 Å². The Hall–Kier alpha value is -2.44. The zero-order chi connectivity index (χ0) is 16.1. The smallest absolute Gasteiger partial charge is 0.0278 e. The minimum absolute atomic E-state index is 0.653. The maximum absolute atomic E-state index is 5.59. The first-order chi connectivity index (χ1) is 11.3. The number of hydrogen-bond donors (Lipinski definition) is 0. The molecule has 0 nitrogen and oxygen atoms in total. The Balaban J connectivity index is 1.76. The van der Waals surface area contributed by atoms with E-state index in [0.29, 0.717) is 5.92 Å². The molecule has 0 aromatic heterocycles. The van der Waals surface area contributed by atoms with Crippen LogP contribution in [-0.2, 0) is 6.42 Å². The van der Waals surface area contributed by atoms with E-state index in [9.17, 15) is 0 Å². The molecular formula is C23H22. The zero-order valence-electron chi connectivity index (χ0n) is 13.7. The van der Waals surface area contributed by atoms with E-state index in [-0.39, 0.29) is 0 Å². The Kier molecular flexibility index (Phi) is 4.85. The van der Waals surface area contributed by atoms with Crippen molar-refractivity contribution in [1.29, 1.82) is 0 Å². The lowest BCUT2D eigenvalue weighted by Gasteiger charge is -2.03. The molecule has 0 radical (unpaired) electrons. The van der Waals surface area contributed by atoms with Crippen LogP contribution < -0.4 is 0 Å². The largest absolute Gasteiger partial charge is 0.115 e. The monoisotopic (exact) mass is 298 g/mol. The van der Waals surface area contributed by atoms with Crippen molar-refractivity contribution in [3.05, 3.63) is 70.3 Å². The Morgan fingerprint density at radius 1 is 1.00 bits per heavy atom. The maximum Gasteiger partial charge on any atom is 0.0278 e. The molecule has 114 valence electrons. The third-order valence-electron chi connectivity index (χ3n) is 4.35. The van der Waals surface area contributed by atoms with Gasteiger partial charge in [-0.15, -0.1) is 6.42 Å². The van der Waals surface area contributed by atoms with E-state index in [1.54, 1.807) is 0 Å². The molecule has 0 atom stereocenters. The highest BCUT2D eigenvalue weighted by Gasteiger charge is 2.25. The lowest BCUT2D eigenvalue weighted by molar-refractivity contribution is 0.795. The van der Waals surface area contributed by atoms with E-state index in [2.05, 4.69) is 55.0 Å². The van der Waals surface area contributed by atoms with Crippen molar-refractivity contribution in [2.75, 3.05) is 0 Å². The standard InChI is InChI=1S/C23H22/c1-3-5-6-18-7-9-19(10-8-18)11-12-20-13-14-21(4-2)23(17-20)22-15-16-22/h2,7-10,13-14,17,22H,3,5-6,15-16H2,1H3. The molecule has 0 bridgehead atoms. The molecule has 2 aromatic rings. The van der Waals surface area contributed by atoms with Gasteiger partial charge in [0.2, 0.25) is 0 Å². The normalized spacial score (nSPS) is 13.0. The molecule has 3 rings (SSSR count). The number of terminal acetylenes is 1. The van der Waals surface area contributed by atoms with Gasteiger partial charge in [0.1, 0.15) is 0 Å². The average Bonchev–Trinajstić information content (AvgIpc) is 3.44. The summed E-state index contributed by atoms with van der Waals surface area (Å²) in [5, 5.41) is 0. The van der Waals surface area contributed by atoms with Gasteiger partial charge in [0.25, 0.3) is 0 Å². The van der Waals surface area contributed by atoms with Crippen LogP contribution >= 0.6 is 0 Å². The van der Waals surface area contributed by atoms with Crippen LogP contribution in [0.5, 0.6) is 0 Å². The van der Waals surface area contributed by atoms with Crippen molar-refractivity contribution in [2.45, 2.75) is 44.9 Å². The summed E-state index contributed by atoms with van der Waals surface area (Å²) >= 11 is 0. The van der Waals surface area contributed by atoms with E-state index >= 15 is 0 Å².